The van der Waals surface area contributed by atoms with Crippen molar-refractivity contribution in [2.45, 2.75) is 19.8 Å². The second-order valence-electron chi connectivity index (χ2n) is 7.09. The maximum Gasteiger partial charge on any atom is 0.267 e. The lowest BCUT2D eigenvalue weighted by molar-refractivity contribution is 0.0916. The monoisotopic (exact) mass is 336 g/mol. The van der Waals surface area contributed by atoms with Crippen molar-refractivity contribution < 1.29 is 9.90 Å². The number of H-pyrrole nitrogens is 1. The largest absolute Gasteiger partial charge is 0.396 e. The van der Waals surface area contributed by atoms with E-state index in [4.69, 9.17) is 0 Å². The smallest absolute Gasteiger partial charge is 0.267 e. The van der Waals surface area contributed by atoms with E-state index in [9.17, 15) is 9.90 Å². The highest BCUT2D eigenvalue weighted by molar-refractivity contribution is 5.98. The van der Waals surface area contributed by atoms with Gasteiger partial charge in [0, 0.05) is 30.0 Å². The van der Waals surface area contributed by atoms with Crippen LogP contribution >= 0.6 is 0 Å². The number of rotatable bonds is 6. The Morgan fingerprint density at radius 2 is 1.80 bits per heavy atom. The highest BCUT2D eigenvalue weighted by atomic mass is 16.3. The van der Waals surface area contributed by atoms with Gasteiger partial charge in [0.2, 0.25) is 0 Å². The molecule has 0 radical (unpaired) electrons. The van der Waals surface area contributed by atoms with E-state index < -0.39 is 0 Å². The number of aromatic nitrogens is 1. The van der Waals surface area contributed by atoms with Crippen LogP contribution in [0.15, 0.2) is 60.7 Å². The normalized spacial score (nSPS) is 12.9. The third kappa shape index (κ3) is 3.74. The molecule has 0 bridgehead atoms. The molecule has 25 heavy (non-hydrogen) atoms. The van der Waals surface area contributed by atoms with Gasteiger partial charge in [0.25, 0.3) is 5.91 Å². The first-order chi connectivity index (χ1) is 12.0. The number of nitrogens with one attached hydrogen (secondary N) is 2. The van der Waals surface area contributed by atoms with Crippen molar-refractivity contribution in [1.29, 1.82) is 0 Å². The van der Waals surface area contributed by atoms with Gasteiger partial charge < -0.3 is 15.4 Å². The Balaban J connectivity index is 1.77. The lowest BCUT2D eigenvalue weighted by Gasteiger charge is -2.33. The van der Waals surface area contributed by atoms with Gasteiger partial charge in [0.1, 0.15) is 5.69 Å². The molecule has 130 valence electrons. The summed E-state index contributed by atoms with van der Waals surface area (Å²) >= 11 is 0. The third-order valence-corrected chi connectivity index (χ3v) is 4.79. The fourth-order valence-corrected chi connectivity index (χ4v) is 3.13. The zero-order chi connectivity index (χ0) is 17.9. The van der Waals surface area contributed by atoms with E-state index in [-0.39, 0.29) is 23.8 Å². The Morgan fingerprint density at radius 1 is 1.12 bits per heavy atom. The minimum absolute atomic E-state index is 0.0204. The maximum absolute atomic E-state index is 12.6. The van der Waals surface area contributed by atoms with E-state index in [2.05, 4.69) is 10.3 Å². The highest BCUT2D eigenvalue weighted by Gasteiger charge is 2.30. The van der Waals surface area contributed by atoms with Crippen LogP contribution in [0.1, 0.15) is 35.8 Å². The summed E-state index contributed by atoms with van der Waals surface area (Å²) in [6.45, 7) is 4.54. The molecule has 4 nitrogen and oxygen atoms in total. The molecule has 2 aromatic carbocycles. The zero-order valence-corrected chi connectivity index (χ0v) is 14.6. The number of hydrogen-bond acceptors (Lipinski definition) is 2. The number of carbonyl (C=O) groups excluding carboxylic acids is 1. The number of benzene rings is 2. The van der Waals surface area contributed by atoms with Crippen LogP contribution in [-0.4, -0.2) is 29.1 Å². The molecule has 0 saturated heterocycles. The van der Waals surface area contributed by atoms with E-state index in [1.807, 2.05) is 74.5 Å². The molecule has 0 aliphatic heterocycles. The van der Waals surface area contributed by atoms with E-state index in [0.29, 0.717) is 12.2 Å². The Morgan fingerprint density at radius 3 is 2.48 bits per heavy atom. The number of aliphatic hydroxyl groups is 1. The lowest BCUT2D eigenvalue weighted by Crippen LogP contribution is -2.37. The SMILES string of the molecule is CC(C)(CO)C(CNC(=O)c1cc2ccccc2[nH]1)c1ccccc1. The van der Waals surface area contributed by atoms with Crippen molar-refractivity contribution in [2.24, 2.45) is 5.41 Å². The number of fused-ring (bicyclic) bond motifs is 1. The van der Waals surface area contributed by atoms with Gasteiger partial charge in [0.15, 0.2) is 0 Å². The molecule has 1 amide bonds. The summed E-state index contributed by atoms with van der Waals surface area (Å²) in [6.07, 6.45) is 0. The van der Waals surface area contributed by atoms with Gasteiger partial charge >= 0.3 is 0 Å². The Hall–Kier alpha value is -2.59. The summed E-state index contributed by atoms with van der Waals surface area (Å²) in [6, 6.07) is 19.7. The zero-order valence-electron chi connectivity index (χ0n) is 14.6. The number of aliphatic hydroxyl groups excluding tert-OH is 1. The first-order valence-corrected chi connectivity index (χ1v) is 8.53. The second kappa shape index (κ2) is 7.11. The number of carbonyl (C=O) groups is 1. The van der Waals surface area contributed by atoms with Crippen molar-refractivity contribution in [2.75, 3.05) is 13.2 Å². The standard InChI is InChI=1S/C21H24N2O2/c1-21(2,14-24)17(15-8-4-3-5-9-15)13-22-20(25)19-12-16-10-6-7-11-18(16)23-19/h3-12,17,23-24H,13-14H2,1-2H3,(H,22,25). The van der Waals surface area contributed by atoms with Crippen molar-refractivity contribution in [1.82, 2.24) is 10.3 Å². The van der Waals surface area contributed by atoms with Crippen LogP contribution in [0.25, 0.3) is 10.9 Å². The van der Waals surface area contributed by atoms with Crippen LogP contribution < -0.4 is 5.32 Å². The lowest BCUT2D eigenvalue weighted by atomic mass is 9.75. The number of aromatic amines is 1. The molecule has 1 unspecified atom stereocenters. The van der Waals surface area contributed by atoms with Gasteiger partial charge in [-0.15, -0.1) is 0 Å². The van der Waals surface area contributed by atoms with E-state index in [0.717, 1.165) is 16.5 Å². The van der Waals surface area contributed by atoms with Crippen molar-refractivity contribution in [3.63, 3.8) is 0 Å². The van der Waals surface area contributed by atoms with Crippen LogP contribution in [0.4, 0.5) is 0 Å². The van der Waals surface area contributed by atoms with Gasteiger partial charge in [-0.2, -0.15) is 0 Å². The van der Waals surface area contributed by atoms with Crippen molar-refractivity contribution >= 4 is 16.8 Å². The fraction of sp³-hybridized carbons (Fsp3) is 0.286. The van der Waals surface area contributed by atoms with Gasteiger partial charge in [-0.25, -0.2) is 0 Å². The molecule has 0 fully saturated rings. The maximum atomic E-state index is 12.6. The molecule has 0 aliphatic carbocycles. The predicted molar refractivity (Wildman–Crippen MR) is 101 cm³/mol. The van der Waals surface area contributed by atoms with Gasteiger partial charge in [-0.1, -0.05) is 62.4 Å². The van der Waals surface area contributed by atoms with E-state index in [1.165, 1.54) is 0 Å². The van der Waals surface area contributed by atoms with E-state index >= 15 is 0 Å². The Bertz CT molecular complexity index is 819. The summed E-state index contributed by atoms with van der Waals surface area (Å²) in [5.41, 5.74) is 2.27. The first kappa shape index (κ1) is 17.2. The topological polar surface area (TPSA) is 65.1 Å². The molecule has 3 aromatic rings. The van der Waals surface area contributed by atoms with Crippen molar-refractivity contribution in [3.05, 3.63) is 71.9 Å². The summed E-state index contributed by atoms with van der Waals surface area (Å²) < 4.78 is 0. The Kier molecular flexibility index (Phi) is 4.91. The van der Waals surface area contributed by atoms with Crippen LogP contribution in [0.5, 0.6) is 0 Å². The number of para-hydroxylation sites is 1. The quantitative estimate of drug-likeness (QED) is 0.642. The van der Waals surface area contributed by atoms with E-state index in [1.54, 1.807) is 0 Å². The average molecular weight is 336 g/mol. The van der Waals surface area contributed by atoms with Gasteiger partial charge in [-0.3, -0.25) is 4.79 Å². The van der Waals surface area contributed by atoms with Crippen LogP contribution in [-0.2, 0) is 0 Å². The van der Waals surface area contributed by atoms with Gasteiger partial charge in [0.05, 0.1) is 0 Å². The summed E-state index contributed by atoms with van der Waals surface area (Å²) in [5, 5.41) is 13.8. The third-order valence-electron chi connectivity index (χ3n) is 4.79. The molecule has 1 heterocycles. The molecular weight excluding hydrogens is 312 g/mol. The minimum atomic E-state index is -0.338. The van der Waals surface area contributed by atoms with Crippen LogP contribution in [0.2, 0.25) is 0 Å². The fourth-order valence-electron chi connectivity index (χ4n) is 3.13. The molecule has 3 N–H and O–H groups in total. The molecule has 0 aliphatic rings. The molecule has 0 spiro atoms. The molecular formula is C21H24N2O2. The predicted octanol–water partition coefficient (Wildman–Crippen LogP) is 3.70. The first-order valence-electron chi connectivity index (χ1n) is 8.53. The summed E-state index contributed by atoms with van der Waals surface area (Å²) in [5.74, 6) is -0.113. The summed E-state index contributed by atoms with van der Waals surface area (Å²) in [4.78, 5) is 15.7. The number of amides is 1. The molecule has 3 rings (SSSR count). The number of hydrogen-bond donors (Lipinski definition) is 3. The highest BCUT2D eigenvalue weighted by Crippen LogP contribution is 2.34. The average Bonchev–Trinajstić information content (AvgIpc) is 3.07. The summed E-state index contributed by atoms with van der Waals surface area (Å²) in [7, 11) is 0. The molecule has 4 heteroatoms. The van der Waals surface area contributed by atoms with Crippen LogP contribution in [0, 0.1) is 5.41 Å². The molecule has 1 atom stereocenters. The van der Waals surface area contributed by atoms with Crippen LogP contribution in [0.3, 0.4) is 0 Å². The molecule has 0 saturated carbocycles. The molecule has 1 aromatic heterocycles. The Labute approximate surface area is 147 Å². The minimum Gasteiger partial charge on any atom is -0.396 e. The second-order valence-corrected chi connectivity index (χ2v) is 7.09. The van der Waals surface area contributed by atoms with Crippen molar-refractivity contribution in [3.8, 4) is 0 Å². The van der Waals surface area contributed by atoms with Gasteiger partial charge in [-0.05, 0) is 23.1 Å².